The number of benzene rings is 1. The second-order valence-electron chi connectivity index (χ2n) is 4.19. The highest BCUT2D eigenvalue weighted by molar-refractivity contribution is 5.58. The van der Waals surface area contributed by atoms with Gasteiger partial charge in [0.25, 0.3) is 0 Å². The van der Waals surface area contributed by atoms with E-state index in [1.54, 1.807) is 12.3 Å². The lowest BCUT2D eigenvalue weighted by molar-refractivity contribution is 0.192. The fourth-order valence-electron chi connectivity index (χ4n) is 1.60. The van der Waals surface area contributed by atoms with Crippen LogP contribution in [0.25, 0.3) is 6.08 Å². The molecule has 1 aromatic carbocycles. The van der Waals surface area contributed by atoms with Crippen LogP contribution in [0.4, 0.5) is 0 Å². The molecule has 0 bridgehead atoms. The predicted molar refractivity (Wildman–Crippen MR) is 89.8 cm³/mol. The molecule has 0 unspecified atom stereocenters. The van der Waals surface area contributed by atoms with E-state index >= 15 is 0 Å². The maximum absolute atomic E-state index is 5.37. The van der Waals surface area contributed by atoms with Crippen LogP contribution in [-0.2, 0) is 0 Å². The highest BCUT2D eigenvalue weighted by Gasteiger charge is 1.98. The molecule has 0 aliphatic carbocycles. The van der Waals surface area contributed by atoms with Crippen LogP contribution in [0.15, 0.2) is 102 Å². The van der Waals surface area contributed by atoms with E-state index < -0.39 is 0 Å². The van der Waals surface area contributed by atoms with Crippen molar-refractivity contribution in [1.82, 2.24) is 5.59 Å². The van der Waals surface area contributed by atoms with Crippen LogP contribution < -0.4 is 10.4 Å². The molecule has 0 amide bonds. The molecule has 1 N–H and O–H groups in total. The number of para-hydroxylation sites is 1. The van der Waals surface area contributed by atoms with Crippen molar-refractivity contribution < 1.29 is 4.84 Å². The highest BCUT2D eigenvalue weighted by Crippen LogP contribution is 2.18. The Morgan fingerprint density at radius 1 is 0.727 bits per heavy atom. The molecular weight excluding hydrogens is 274 g/mol. The molecule has 0 aromatic heterocycles. The summed E-state index contributed by atoms with van der Waals surface area (Å²) >= 11 is 0. The molecule has 0 saturated carbocycles. The highest BCUT2D eigenvalue weighted by atomic mass is 16.7. The van der Waals surface area contributed by atoms with E-state index in [2.05, 4.69) is 15.9 Å². The Balaban J connectivity index is 2.16. The molecule has 0 atom stereocenters. The molecule has 4 nitrogen and oxygen atoms in total. The summed E-state index contributed by atoms with van der Waals surface area (Å²) in [5, 5.41) is 7.50. The molecule has 1 aromatic rings. The molecule has 1 aliphatic heterocycles. The maximum Gasteiger partial charge on any atom is 0.164 e. The number of nitrogens with one attached hydrogen (secondary N) is 1. The molecule has 0 saturated heterocycles. The van der Waals surface area contributed by atoms with Gasteiger partial charge in [0.05, 0.1) is 6.20 Å². The zero-order valence-corrected chi connectivity index (χ0v) is 12.0. The normalized spacial score (nSPS) is 23.5. The monoisotopic (exact) mass is 291 g/mol. The lowest BCUT2D eigenvalue weighted by Gasteiger charge is -2.05. The SMILES string of the molecule is C1=C\C=C/C=C/C=C\N=NNOc2ccccc2/C=C\C=C/1. The summed E-state index contributed by atoms with van der Waals surface area (Å²) < 4.78 is 0. The molecule has 0 radical (unpaired) electrons. The van der Waals surface area contributed by atoms with Gasteiger partial charge in [-0.25, -0.2) is 0 Å². The number of hydrogen-bond acceptors (Lipinski definition) is 4. The van der Waals surface area contributed by atoms with Crippen LogP contribution in [0.3, 0.4) is 0 Å². The van der Waals surface area contributed by atoms with E-state index in [1.165, 1.54) is 0 Å². The lowest BCUT2D eigenvalue weighted by atomic mass is 10.2. The van der Waals surface area contributed by atoms with E-state index in [9.17, 15) is 0 Å². The summed E-state index contributed by atoms with van der Waals surface area (Å²) in [6, 6.07) is 7.66. The fraction of sp³-hybridized carbons (Fsp3) is 0. The molecule has 22 heavy (non-hydrogen) atoms. The minimum absolute atomic E-state index is 0.676. The van der Waals surface area contributed by atoms with Crippen molar-refractivity contribution in [2.75, 3.05) is 0 Å². The van der Waals surface area contributed by atoms with Gasteiger partial charge in [-0.3, -0.25) is 0 Å². The largest absolute Gasteiger partial charge is 0.363 e. The van der Waals surface area contributed by atoms with Crippen molar-refractivity contribution in [3.8, 4) is 5.75 Å². The molecule has 1 aliphatic rings. The molecule has 2 rings (SSSR count). The third-order valence-electron chi connectivity index (χ3n) is 2.60. The minimum atomic E-state index is 0.676. The average molecular weight is 291 g/mol. The Morgan fingerprint density at radius 2 is 1.36 bits per heavy atom. The zero-order valence-electron chi connectivity index (χ0n) is 12.0. The lowest BCUT2D eigenvalue weighted by Crippen LogP contribution is -2.10. The summed E-state index contributed by atoms with van der Waals surface area (Å²) in [6.07, 6.45) is 22.7. The Kier molecular flexibility index (Phi) is 6.74. The van der Waals surface area contributed by atoms with Crippen molar-refractivity contribution >= 4 is 6.08 Å². The van der Waals surface area contributed by atoms with Crippen LogP contribution >= 0.6 is 0 Å². The summed E-state index contributed by atoms with van der Waals surface area (Å²) in [7, 11) is 0. The maximum atomic E-state index is 5.37. The molecule has 0 spiro atoms. The Morgan fingerprint density at radius 3 is 2.14 bits per heavy atom. The van der Waals surface area contributed by atoms with Gasteiger partial charge in [-0.1, -0.05) is 79.0 Å². The first kappa shape index (κ1) is 15.3. The van der Waals surface area contributed by atoms with E-state index in [-0.39, 0.29) is 0 Å². The van der Waals surface area contributed by atoms with Crippen LogP contribution in [0.5, 0.6) is 5.75 Å². The molecular formula is C18H17N3O. The molecule has 1 heterocycles. The summed E-state index contributed by atoms with van der Waals surface area (Å²) in [4.78, 5) is 5.37. The van der Waals surface area contributed by atoms with Gasteiger partial charge in [-0.15, -0.1) is 10.7 Å². The summed E-state index contributed by atoms with van der Waals surface area (Å²) in [6.45, 7) is 0. The second-order valence-corrected chi connectivity index (χ2v) is 4.19. The first-order valence-corrected chi connectivity index (χ1v) is 6.87. The van der Waals surface area contributed by atoms with Gasteiger partial charge in [0.2, 0.25) is 0 Å². The van der Waals surface area contributed by atoms with Gasteiger partial charge >= 0.3 is 0 Å². The van der Waals surface area contributed by atoms with Gasteiger partial charge in [0.15, 0.2) is 5.75 Å². The van der Waals surface area contributed by atoms with Crippen LogP contribution in [0.1, 0.15) is 5.56 Å². The molecule has 110 valence electrons. The van der Waals surface area contributed by atoms with Crippen molar-refractivity contribution in [3.63, 3.8) is 0 Å². The van der Waals surface area contributed by atoms with Crippen molar-refractivity contribution in [2.45, 2.75) is 0 Å². The number of hydrogen-bond donors (Lipinski definition) is 1. The average Bonchev–Trinajstić information content (AvgIpc) is 2.55. The van der Waals surface area contributed by atoms with Crippen molar-refractivity contribution in [2.24, 2.45) is 10.3 Å². The summed E-state index contributed by atoms with van der Waals surface area (Å²) in [5.74, 6) is 0.676. The Bertz CT molecular complexity index is 665. The molecule has 4 heteroatoms. The quantitative estimate of drug-likeness (QED) is 0.753. The second kappa shape index (κ2) is 9.72. The zero-order chi connectivity index (χ0) is 15.3. The summed E-state index contributed by atoms with van der Waals surface area (Å²) in [5.41, 5.74) is 3.39. The third kappa shape index (κ3) is 5.88. The van der Waals surface area contributed by atoms with Gasteiger partial charge in [-0.2, -0.15) is 0 Å². The standard InChI is InChI=1S/C18H17N3O/c1-2-4-6-8-12-16-19-20-21-22-18-15-11-10-14-17(18)13-9-7-5-3-1/h1-16H,(H,19,21)/b3-1-,4-2-,7-5-,8-6+,13-9-,16-12-. The predicted octanol–water partition coefficient (Wildman–Crippen LogP) is 4.70. The Labute approximate surface area is 130 Å². The van der Waals surface area contributed by atoms with E-state index in [1.807, 2.05) is 85.0 Å². The molecule has 0 fully saturated rings. The minimum Gasteiger partial charge on any atom is -0.363 e. The van der Waals surface area contributed by atoms with Gasteiger partial charge in [-0.05, 0) is 17.4 Å². The van der Waals surface area contributed by atoms with Crippen LogP contribution in [0.2, 0.25) is 0 Å². The number of fused-ring (bicyclic) bond motifs is 1. The number of nitrogens with zero attached hydrogens (tertiary/aromatic N) is 2. The van der Waals surface area contributed by atoms with Gasteiger partial charge in [0.1, 0.15) is 0 Å². The third-order valence-corrected chi connectivity index (χ3v) is 2.60. The first-order chi connectivity index (χ1) is 11.0. The van der Waals surface area contributed by atoms with Crippen molar-refractivity contribution in [1.29, 1.82) is 0 Å². The Hall–Kier alpha value is -3.14. The van der Waals surface area contributed by atoms with Crippen LogP contribution in [0, 0.1) is 0 Å². The number of rotatable bonds is 0. The van der Waals surface area contributed by atoms with Crippen molar-refractivity contribution in [3.05, 3.63) is 96.8 Å². The topological polar surface area (TPSA) is 46.0 Å². The first-order valence-electron chi connectivity index (χ1n) is 6.87. The van der Waals surface area contributed by atoms with E-state index in [0.717, 1.165) is 5.56 Å². The fourth-order valence-corrected chi connectivity index (χ4v) is 1.60. The van der Waals surface area contributed by atoms with E-state index in [4.69, 9.17) is 4.84 Å². The number of allylic oxidation sites excluding steroid dienone is 10. The van der Waals surface area contributed by atoms with Gasteiger partial charge in [0, 0.05) is 5.56 Å². The van der Waals surface area contributed by atoms with Crippen LogP contribution in [-0.4, -0.2) is 0 Å². The van der Waals surface area contributed by atoms with E-state index in [0.29, 0.717) is 5.75 Å². The smallest absolute Gasteiger partial charge is 0.164 e. The van der Waals surface area contributed by atoms with Gasteiger partial charge < -0.3 is 4.84 Å².